The van der Waals surface area contributed by atoms with Gasteiger partial charge in [0.2, 0.25) is 0 Å². The van der Waals surface area contributed by atoms with Gasteiger partial charge in [0, 0.05) is 13.2 Å². The lowest BCUT2D eigenvalue weighted by atomic mass is 9.90. The Morgan fingerprint density at radius 3 is 2.38 bits per heavy atom. The lowest BCUT2D eigenvalue weighted by Crippen LogP contribution is -2.28. The first-order valence-corrected chi connectivity index (χ1v) is 7.23. The summed E-state index contributed by atoms with van der Waals surface area (Å²) in [6, 6.07) is 0. The topological polar surface area (TPSA) is 21.3 Å². The second-order valence-corrected chi connectivity index (χ2v) is 5.56. The van der Waals surface area contributed by atoms with Crippen molar-refractivity contribution in [2.45, 2.75) is 51.4 Å². The molecule has 0 radical (unpaired) electrons. The van der Waals surface area contributed by atoms with Crippen molar-refractivity contribution in [1.29, 1.82) is 0 Å². The summed E-state index contributed by atoms with van der Waals surface area (Å²) in [6.45, 7) is 4.46. The minimum Gasteiger partial charge on any atom is -0.381 e. The van der Waals surface area contributed by atoms with Crippen molar-refractivity contribution in [3.63, 3.8) is 0 Å². The minimum atomic E-state index is 0.877. The van der Waals surface area contributed by atoms with E-state index in [0.717, 1.165) is 25.0 Å². The number of ether oxygens (including phenoxy) is 1. The molecule has 0 amide bonds. The first-order chi connectivity index (χ1) is 7.95. The van der Waals surface area contributed by atoms with Gasteiger partial charge in [-0.05, 0) is 57.0 Å². The van der Waals surface area contributed by atoms with Gasteiger partial charge in [-0.3, -0.25) is 0 Å². The molecule has 0 aromatic carbocycles. The molecule has 1 heterocycles. The van der Waals surface area contributed by atoms with Crippen LogP contribution in [0.2, 0.25) is 0 Å². The van der Waals surface area contributed by atoms with Crippen LogP contribution in [-0.4, -0.2) is 26.3 Å². The Kier molecular flexibility index (Phi) is 5.64. The van der Waals surface area contributed by atoms with Gasteiger partial charge < -0.3 is 10.1 Å². The van der Waals surface area contributed by atoms with Crippen LogP contribution in [0, 0.1) is 11.8 Å². The van der Waals surface area contributed by atoms with Gasteiger partial charge in [-0.2, -0.15) is 0 Å². The Morgan fingerprint density at radius 1 is 0.875 bits per heavy atom. The number of nitrogens with one attached hydrogen (secondary N) is 1. The molecule has 0 bridgehead atoms. The van der Waals surface area contributed by atoms with Gasteiger partial charge in [-0.1, -0.05) is 19.3 Å². The molecule has 0 unspecified atom stereocenters. The van der Waals surface area contributed by atoms with Crippen molar-refractivity contribution in [1.82, 2.24) is 5.32 Å². The Morgan fingerprint density at radius 2 is 1.62 bits per heavy atom. The quantitative estimate of drug-likeness (QED) is 0.726. The van der Waals surface area contributed by atoms with E-state index < -0.39 is 0 Å². The maximum atomic E-state index is 5.86. The first kappa shape index (κ1) is 12.4. The second-order valence-electron chi connectivity index (χ2n) is 5.56. The van der Waals surface area contributed by atoms with E-state index in [1.807, 2.05) is 0 Å². The molecule has 0 atom stereocenters. The molecule has 0 aromatic heterocycles. The monoisotopic (exact) mass is 225 g/mol. The highest BCUT2D eigenvalue weighted by molar-refractivity contribution is 4.69. The predicted octanol–water partition coefficient (Wildman–Crippen LogP) is 2.97. The summed E-state index contributed by atoms with van der Waals surface area (Å²) in [4.78, 5) is 0. The van der Waals surface area contributed by atoms with E-state index in [1.54, 1.807) is 0 Å². The molecular formula is C14H27NO. The minimum absolute atomic E-state index is 0.877. The zero-order chi connectivity index (χ0) is 11.1. The third kappa shape index (κ3) is 4.42. The lowest BCUT2D eigenvalue weighted by Gasteiger charge is -2.24. The van der Waals surface area contributed by atoms with Crippen LogP contribution in [0.3, 0.4) is 0 Å². The largest absolute Gasteiger partial charge is 0.381 e. The zero-order valence-corrected chi connectivity index (χ0v) is 10.5. The molecule has 2 fully saturated rings. The first-order valence-electron chi connectivity index (χ1n) is 7.23. The van der Waals surface area contributed by atoms with Crippen molar-refractivity contribution >= 4 is 0 Å². The smallest absolute Gasteiger partial charge is 0.0494 e. The average molecular weight is 225 g/mol. The third-order valence-electron chi connectivity index (χ3n) is 4.21. The van der Waals surface area contributed by atoms with E-state index in [4.69, 9.17) is 4.74 Å². The van der Waals surface area contributed by atoms with Crippen molar-refractivity contribution in [2.75, 3.05) is 26.3 Å². The highest BCUT2D eigenvalue weighted by Gasteiger charge is 2.15. The molecule has 2 rings (SSSR count). The van der Waals surface area contributed by atoms with Gasteiger partial charge in [0.1, 0.15) is 0 Å². The van der Waals surface area contributed by atoms with Gasteiger partial charge in [-0.15, -0.1) is 0 Å². The molecule has 1 aliphatic carbocycles. The van der Waals surface area contributed by atoms with Crippen molar-refractivity contribution in [3.8, 4) is 0 Å². The van der Waals surface area contributed by atoms with Crippen LogP contribution in [0.1, 0.15) is 51.4 Å². The summed E-state index contributed by atoms with van der Waals surface area (Å²) >= 11 is 0. The molecule has 1 saturated carbocycles. The fourth-order valence-corrected chi connectivity index (χ4v) is 3.02. The van der Waals surface area contributed by atoms with Crippen LogP contribution in [0.5, 0.6) is 0 Å². The number of hydrogen-bond acceptors (Lipinski definition) is 2. The third-order valence-corrected chi connectivity index (χ3v) is 4.21. The van der Waals surface area contributed by atoms with Crippen molar-refractivity contribution in [3.05, 3.63) is 0 Å². The van der Waals surface area contributed by atoms with Gasteiger partial charge in [0.25, 0.3) is 0 Å². The molecule has 0 aromatic rings. The van der Waals surface area contributed by atoms with Gasteiger partial charge in [0.05, 0.1) is 0 Å². The molecule has 2 aliphatic rings. The normalized spacial score (nSPS) is 24.8. The summed E-state index contributed by atoms with van der Waals surface area (Å²) in [7, 11) is 0. The summed E-state index contributed by atoms with van der Waals surface area (Å²) < 4.78 is 5.86. The zero-order valence-electron chi connectivity index (χ0n) is 10.5. The molecule has 1 saturated heterocycles. The van der Waals surface area contributed by atoms with E-state index in [9.17, 15) is 0 Å². The molecule has 94 valence electrons. The maximum absolute atomic E-state index is 5.86. The fraction of sp³-hybridized carbons (Fsp3) is 1.00. The molecule has 2 heteroatoms. The van der Waals surface area contributed by atoms with E-state index in [2.05, 4.69) is 5.32 Å². The second kappa shape index (κ2) is 7.29. The highest BCUT2D eigenvalue weighted by atomic mass is 16.5. The highest BCUT2D eigenvalue weighted by Crippen LogP contribution is 2.24. The number of rotatable bonds is 5. The van der Waals surface area contributed by atoms with E-state index in [0.29, 0.717) is 0 Å². The summed E-state index contributed by atoms with van der Waals surface area (Å²) in [5.74, 6) is 1.80. The SMILES string of the molecule is C1CCC(COCCC2CCNCC2)CC1. The van der Waals surface area contributed by atoms with Gasteiger partial charge in [-0.25, -0.2) is 0 Å². The Labute approximate surface area is 100 Å². The van der Waals surface area contributed by atoms with Crippen LogP contribution >= 0.6 is 0 Å². The predicted molar refractivity (Wildman–Crippen MR) is 67.6 cm³/mol. The maximum Gasteiger partial charge on any atom is 0.0494 e. The van der Waals surface area contributed by atoms with Crippen molar-refractivity contribution < 1.29 is 4.74 Å². The number of hydrogen-bond donors (Lipinski definition) is 1. The standard InChI is InChI=1S/C14H27NO/c1-2-4-14(5-3-1)12-16-11-8-13-6-9-15-10-7-13/h13-15H,1-12H2. The number of piperidine rings is 1. The van der Waals surface area contributed by atoms with E-state index >= 15 is 0 Å². The van der Waals surface area contributed by atoms with Crippen molar-refractivity contribution in [2.24, 2.45) is 11.8 Å². The molecule has 0 spiro atoms. The van der Waals surface area contributed by atoms with E-state index in [-0.39, 0.29) is 0 Å². The fourth-order valence-electron chi connectivity index (χ4n) is 3.02. The molecule has 1 N–H and O–H groups in total. The van der Waals surface area contributed by atoms with Crippen LogP contribution in [0.4, 0.5) is 0 Å². The van der Waals surface area contributed by atoms with Crippen LogP contribution in [0.25, 0.3) is 0 Å². The van der Waals surface area contributed by atoms with Gasteiger partial charge in [0.15, 0.2) is 0 Å². The molecular weight excluding hydrogens is 198 g/mol. The van der Waals surface area contributed by atoms with Gasteiger partial charge >= 0.3 is 0 Å². The van der Waals surface area contributed by atoms with Crippen LogP contribution in [-0.2, 0) is 4.74 Å². The average Bonchev–Trinajstić information content (AvgIpc) is 2.37. The summed E-state index contributed by atoms with van der Waals surface area (Å²) in [5, 5.41) is 3.42. The Bertz CT molecular complexity index is 152. The Hall–Kier alpha value is -0.0800. The molecule has 1 aliphatic heterocycles. The molecule has 2 nitrogen and oxygen atoms in total. The Balaban J connectivity index is 1.47. The van der Waals surface area contributed by atoms with Crippen LogP contribution in [0.15, 0.2) is 0 Å². The van der Waals surface area contributed by atoms with Crippen LogP contribution < -0.4 is 5.32 Å². The lowest BCUT2D eigenvalue weighted by molar-refractivity contribution is 0.0731. The molecule has 16 heavy (non-hydrogen) atoms. The summed E-state index contributed by atoms with van der Waals surface area (Å²) in [5.41, 5.74) is 0. The van der Waals surface area contributed by atoms with E-state index in [1.165, 1.54) is 64.5 Å². The summed E-state index contributed by atoms with van der Waals surface area (Å²) in [6.07, 6.45) is 11.1.